The van der Waals surface area contributed by atoms with Gasteiger partial charge in [0.2, 0.25) is 0 Å². The van der Waals surface area contributed by atoms with Crippen molar-refractivity contribution in [1.29, 1.82) is 0 Å². The van der Waals surface area contributed by atoms with Crippen LogP contribution in [0.25, 0.3) is 0 Å². The fraction of sp³-hybridized carbons (Fsp3) is 0.571. The molecule has 1 aromatic rings. The molecule has 1 aliphatic carbocycles. The van der Waals surface area contributed by atoms with Gasteiger partial charge in [0.25, 0.3) is 0 Å². The average Bonchev–Trinajstić information content (AvgIpc) is 2.74. The summed E-state index contributed by atoms with van der Waals surface area (Å²) < 4.78 is 0. The van der Waals surface area contributed by atoms with Crippen LogP contribution in [0.1, 0.15) is 49.3 Å². The zero-order chi connectivity index (χ0) is 11.0. The summed E-state index contributed by atoms with van der Waals surface area (Å²) in [5, 5.41) is 14.2. The van der Waals surface area contributed by atoms with E-state index in [-0.39, 0.29) is 6.04 Å². The molecule has 0 radical (unpaired) electrons. The predicted molar refractivity (Wildman–Crippen MR) is 64.1 cm³/mol. The van der Waals surface area contributed by atoms with E-state index in [4.69, 9.17) is 0 Å². The molecular formula is C14H19NO. The highest BCUT2D eigenvalue weighted by Crippen LogP contribution is 2.41. The first-order valence-corrected chi connectivity index (χ1v) is 6.33. The first kappa shape index (κ1) is 10.3. The summed E-state index contributed by atoms with van der Waals surface area (Å²) in [5.41, 5.74) is 2.16. The van der Waals surface area contributed by atoms with Gasteiger partial charge < -0.3 is 10.4 Å². The van der Waals surface area contributed by atoms with Crippen molar-refractivity contribution >= 4 is 0 Å². The Labute approximate surface area is 96.7 Å². The second-order valence-electron chi connectivity index (χ2n) is 5.18. The minimum atomic E-state index is -0.509. The van der Waals surface area contributed by atoms with Gasteiger partial charge >= 0.3 is 0 Å². The molecule has 1 atom stereocenters. The van der Waals surface area contributed by atoms with Crippen molar-refractivity contribution in [2.24, 2.45) is 0 Å². The molecule has 0 bridgehead atoms. The molecule has 1 heterocycles. The molecule has 86 valence electrons. The highest BCUT2D eigenvalue weighted by atomic mass is 16.3. The van der Waals surface area contributed by atoms with Crippen LogP contribution in [-0.2, 0) is 6.54 Å². The van der Waals surface area contributed by atoms with Crippen molar-refractivity contribution in [1.82, 2.24) is 5.32 Å². The summed E-state index contributed by atoms with van der Waals surface area (Å²) in [6.07, 6.45) is 5.49. The molecule has 0 amide bonds. The molecule has 1 fully saturated rings. The fourth-order valence-electron chi connectivity index (χ4n) is 3.23. The zero-order valence-corrected chi connectivity index (χ0v) is 9.58. The SMILES string of the molecule is OC1(C2NCc3ccccc32)CCCCC1. The maximum absolute atomic E-state index is 10.8. The van der Waals surface area contributed by atoms with Crippen LogP contribution >= 0.6 is 0 Å². The lowest BCUT2D eigenvalue weighted by atomic mass is 9.77. The Morgan fingerprint density at radius 3 is 2.69 bits per heavy atom. The molecule has 1 aliphatic heterocycles. The molecule has 0 spiro atoms. The lowest BCUT2D eigenvalue weighted by Gasteiger charge is -2.37. The number of hydrogen-bond donors (Lipinski definition) is 2. The molecule has 16 heavy (non-hydrogen) atoms. The Balaban J connectivity index is 1.91. The van der Waals surface area contributed by atoms with Gasteiger partial charge in [0.05, 0.1) is 11.6 Å². The normalized spacial score (nSPS) is 27.7. The topological polar surface area (TPSA) is 32.3 Å². The summed E-state index contributed by atoms with van der Waals surface area (Å²) in [6, 6.07) is 8.63. The molecule has 1 aromatic carbocycles. The minimum Gasteiger partial charge on any atom is -0.388 e. The Bertz CT molecular complexity index is 382. The molecular weight excluding hydrogens is 198 g/mol. The van der Waals surface area contributed by atoms with Crippen molar-refractivity contribution in [3.05, 3.63) is 35.4 Å². The number of rotatable bonds is 1. The van der Waals surface area contributed by atoms with Gasteiger partial charge in [-0.1, -0.05) is 43.5 Å². The first-order chi connectivity index (χ1) is 7.80. The van der Waals surface area contributed by atoms with Gasteiger partial charge in [-0.3, -0.25) is 0 Å². The third-order valence-corrected chi connectivity index (χ3v) is 4.12. The number of nitrogens with one attached hydrogen (secondary N) is 1. The van der Waals surface area contributed by atoms with Gasteiger partial charge in [0, 0.05) is 6.54 Å². The van der Waals surface area contributed by atoms with Gasteiger partial charge in [-0.25, -0.2) is 0 Å². The van der Waals surface area contributed by atoms with Crippen LogP contribution in [0.15, 0.2) is 24.3 Å². The molecule has 1 unspecified atom stereocenters. The first-order valence-electron chi connectivity index (χ1n) is 6.33. The van der Waals surface area contributed by atoms with Crippen LogP contribution in [0.4, 0.5) is 0 Å². The van der Waals surface area contributed by atoms with Crippen LogP contribution in [-0.4, -0.2) is 10.7 Å². The minimum absolute atomic E-state index is 0.156. The molecule has 3 rings (SSSR count). The summed E-state index contributed by atoms with van der Waals surface area (Å²) in [4.78, 5) is 0. The maximum Gasteiger partial charge on any atom is 0.0841 e. The average molecular weight is 217 g/mol. The number of fused-ring (bicyclic) bond motifs is 1. The molecule has 2 heteroatoms. The van der Waals surface area contributed by atoms with Gasteiger partial charge in [0.1, 0.15) is 0 Å². The van der Waals surface area contributed by atoms with E-state index in [1.807, 2.05) is 0 Å². The quantitative estimate of drug-likeness (QED) is 0.757. The maximum atomic E-state index is 10.8. The highest BCUT2D eigenvalue weighted by molar-refractivity contribution is 5.35. The van der Waals surface area contributed by atoms with E-state index < -0.39 is 5.60 Å². The molecule has 0 saturated heterocycles. The van der Waals surface area contributed by atoms with E-state index in [0.717, 1.165) is 32.2 Å². The summed E-state index contributed by atoms with van der Waals surface area (Å²) in [5.74, 6) is 0. The van der Waals surface area contributed by atoms with E-state index in [0.29, 0.717) is 0 Å². The Morgan fingerprint density at radius 2 is 1.88 bits per heavy atom. The number of benzene rings is 1. The molecule has 1 saturated carbocycles. The summed E-state index contributed by atoms with van der Waals surface area (Å²) in [7, 11) is 0. The highest BCUT2D eigenvalue weighted by Gasteiger charge is 2.41. The molecule has 2 aliphatic rings. The van der Waals surface area contributed by atoms with E-state index >= 15 is 0 Å². The van der Waals surface area contributed by atoms with E-state index in [9.17, 15) is 5.11 Å². The predicted octanol–water partition coefficient (Wildman–Crippen LogP) is 2.53. The van der Waals surface area contributed by atoms with Gasteiger partial charge in [-0.15, -0.1) is 0 Å². The van der Waals surface area contributed by atoms with Crippen LogP contribution in [0.2, 0.25) is 0 Å². The van der Waals surface area contributed by atoms with Crippen molar-refractivity contribution in [3.63, 3.8) is 0 Å². The smallest absolute Gasteiger partial charge is 0.0841 e. The summed E-state index contributed by atoms with van der Waals surface area (Å²) >= 11 is 0. The van der Waals surface area contributed by atoms with Crippen molar-refractivity contribution in [2.75, 3.05) is 0 Å². The third-order valence-electron chi connectivity index (χ3n) is 4.12. The largest absolute Gasteiger partial charge is 0.388 e. The van der Waals surface area contributed by atoms with Gasteiger partial charge in [-0.05, 0) is 24.0 Å². The van der Waals surface area contributed by atoms with E-state index in [1.165, 1.54) is 17.5 Å². The lowest BCUT2D eigenvalue weighted by Crippen LogP contribution is -2.42. The Kier molecular flexibility index (Phi) is 2.49. The zero-order valence-electron chi connectivity index (χ0n) is 9.58. The fourth-order valence-corrected chi connectivity index (χ4v) is 3.23. The van der Waals surface area contributed by atoms with Crippen LogP contribution in [0, 0.1) is 0 Å². The van der Waals surface area contributed by atoms with Crippen LogP contribution < -0.4 is 5.32 Å². The second kappa shape index (κ2) is 3.86. The molecule has 2 nitrogen and oxygen atoms in total. The molecule has 2 N–H and O–H groups in total. The standard InChI is InChI=1S/C14H19NO/c16-14(8-4-1-5-9-14)13-12-7-3-2-6-11(12)10-15-13/h2-3,6-7,13,15-16H,1,4-5,8-10H2. The van der Waals surface area contributed by atoms with E-state index in [2.05, 4.69) is 29.6 Å². The number of aliphatic hydroxyl groups is 1. The summed E-state index contributed by atoms with van der Waals surface area (Å²) in [6.45, 7) is 0.906. The monoisotopic (exact) mass is 217 g/mol. The van der Waals surface area contributed by atoms with Crippen LogP contribution in [0.3, 0.4) is 0 Å². The van der Waals surface area contributed by atoms with Gasteiger partial charge in [0.15, 0.2) is 0 Å². The van der Waals surface area contributed by atoms with Crippen molar-refractivity contribution in [3.8, 4) is 0 Å². The van der Waals surface area contributed by atoms with Gasteiger partial charge in [-0.2, -0.15) is 0 Å². The lowest BCUT2D eigenvalue weighted by molar-refractivity contribution is -0.0287. The second-order valence-corrected chi connectivity index (χ2v) is 5.18. The van der Waals surface area contributed by atoms with Crippen LogP contribution in [0.5, 0.6) is 0 Å². The molecule has 0 aromatic heterocycles. The third kappa shape index (κ3) is 1.57. The number of hydrogen-bond acceptors (Lipinski definition) is 2. The van der Waals surface area contributed by atoms with Crippen molar-refractivity contribution < 1.29 is 5.11 Å². The van der Waals surface area contributed by atoms with Crippen molar-refractivity contribution in [2.45, 2.75) is 50.3 Å². The van der Waals surface area contributed by atoms with E-state index in [1.54, 1.807) is 0 Å². The Hall–Kier alpha value is -0.860. The Morgan fingerprint density at radius 1 is 1.12 bits per heavy atom.